The lowest BCUT2D eigenvalue weighted by atomic mass is 10.3. The molecule has 0 aliphatic heterocycles. The Morgan fingerprint density at radius 3 is 2.88 bits per heavy atom. The van der Waals surface area contributed by atoms with Crippen LogP contribution in [0, 0.1) is 0 Å². The molecular formula is C17H20Cl2N4O2. The zero-order chi connectivity index (χ0) is 18.1. The van der Waals surface area contributed by atoms with Crippen LogP contribution in [0.4, 0.5) is 0 Å². The maximum atomic E-state index is 9.92. The van der Waals surface area contributed by atoms with Crippen LogP contribution in [0.1, 0.15) is 5.69 Å². The summed E-state index contributed by atoms with van der Waals surface area (Å²) in [6.45, 7) is 0.752. The smallest absolute Gasteiger partial charge is 0.188 e. The van der Waals surface area contributed by atoms with Crippen molar-refractivity contribution in [3.05, 3.63) is 58.3 Å². The molecule has 0 spiro atoms. The van der Waals surface area contributed by atoms with E-state index in [0.717, 1.165) is 12.1 Å². The van der Waals surface area contributed by atoms with Gasteiger partial charge in [-0.05, 0) is 24.3 Å². The fourth-order valence-electron chi connectivity index (χ4n) is 1.96. The third-order valence-corrected chi connectivity index (χ3v) is 4.03. The number of halogens is 2. The predicted octanol–water partition coefficient (Wildman–Crippen LogP) is 2.28. The van der Waals surface area contributed by atoms with Crippen LogP contribution >= 0.6 is 23.2 Å². The monoisotopic (exact) mass is 382 g/mol. The Balaban J connectivity index is 1.70. The first-order valence-electron chi connectivity index (χ1n) is 7.75. The van der Waals surface area contributed by atoms with E-state index in [1.54, 1.807) is 24.4 Å². The van der Waals surface area contributed by atoms with Gasteiger partial charge in [-0.2, -0.15) is 0 Å². The molecule has 6 nitrogen and oxygen atoms in total. The number of aliphatic hydroxyl groups is 1. The quantitative estimate of drug-likeness (QED) is 0.481. The minimum absolute atomic E-state index is 0.0325. The molecule has 1 aromatic carbocycles. The summed E-state index contributed by atoms with van der Waals surface area (Å²) in [6.07, 6.45) is 1.66. The summed E-state index contributed by atoms with van der Waals surface area (Å²) >= 11 is 11.9. The number of hydrogen-bond donors (Lipinski definition) is 3. The lowest BCUT2D eigenvalue weighted by Crippen LogP contribution is -2.34. The molecule has 0 aliphatic rings. The second kappa shape index (κ2) is 10.1. The molecule has 1 heterocycles. The van der Waals surface area contributed by atoms with Gasteiger partial charge in [0.15, 0.2) is 5.96 Å². The van der Waals surface area contributed by atoms with E-state index in [-0.39, 0.29) is 19.1 Å². The molecule has 0 bridgehead atoms. The fraction of sp³-hybridized carbons (Fsp3) is 0.294. The molecule has 1 unspecified atom stereocenters. The second-order valence-corrected chi connectivity index (χ2v) is 6.03. The molecule has 4 N–H and O–H groups in total. The largest absolute Gasteiger partial charge is 0.489 e. The van der Waals surface area contributed by atoms with E-state index >= 15 is 0 Å². The van der Waals surface area contributed by atoms with Gasteiger partial charge in [0.25, 0.3) is 0 Å². The van der Waals surface area contributed by atoms with Crippen molar-refractivity contribution in [1.82, 2.24) is 10.3 Å². The minimum atomic E-state index is -0.814. The number of rotatable bonds is 8. The molecule has 1 aromatic heterocycles. The summed E-state index contributed by atoms with van der Waals surface area (Å²) < 4.78 is 5.45. The van der Waals surface area contributed by atoms with E-state index in [9.17, 15) is 5.11 Å². The first-order chi connectivity index (χ1) is 12.1. The second-order valence-electron chi connectivity index (χ2n) is 5.24. The highest BCUT2D eigenvalue weighted by atomic mass is 35.5. The fourth-order valence-corrected chi connectivity index (χ4v) is 2.30. The lowest BCUT2D eigenvalue weighted by molar-refractivity contribution is 0.114. The minimum Gasteiger partial charge on any atom is -0.489 e. The normalized spacial score (nSPS) is 12.7. The van der Waals surface area contributed by atoms with Gasteiger partial charge in [0.2, 0.25) is 0 Å². The molecule has 0 saturated carbocycles. The third kappa shape index (κ3) is 6.78. The van der Waals surface area contributed by atoms with Crippen LogP contribution in [0.5, 0.6) is 5.75 Å². The highest BCUT2D eigenvalue weighted by molar-refractivity contribution is 6.42. The van der Waals surface area contributed by atoms with Crippen molar-refractivity contribution in [2.45, 2.75) is 12.5 Å². The SMILES string of the molecule is NC(=NCC(O)COc1cccc(Cl)c1Cl)NCCc1ccccn1. The first-order valence-corrected chi connectivity index (χ1v) is 8.50. The van der Waals surface area contributed by atoms with Crippen LogP contribution in [0.15, 0.2) is 47.6 Å². The highest BCUT2D eigenvalue weighted by Crippen LogP contribution is 2.31. The molecule has 0 saturated heterocycles. The Kier molecular flexibility index (Phi) is 7.78. The molecule has 2 rings (SSSR count). The summed E-state index contributed by atoms with van der Waals surface area (Å²) in [5, 5.41) is 13.6. The van der Waals surface area contributed by atoms with Gasteiger partial charge in [-0.25, -0.2) is 0 Å². The van der Waals surface area contributed by atoms with Crippen LogP contribution in [0.25, 0.3) is 0 Å². The number of nitrogens with one attached hydrogen (secondary N) is 1. The van der Waals surface area contributed by atoms with Crippen molar-refractivity contribution in [3.63, 3.8) is 0 Å². The number of aliphatic hydroxyl groups excluding tert-OH is 1. The summed E-state index contributed by atoms with van der Waals surface area (Å²) in [4.78, 5) is 8.30. The average molecular weight is 383 g/mol. The molecule has 2 aromatic rings. The zero-order valence-corrected chi connectivity index (χ0v) is 15.0. The van der Waals surface area contributed by atoms with E-state index in [2.05, 4.69) is 15.3 Å². The number of ether oxygens (including phenoxy) is 1. The first kappa shape index (κ1) is 19.3. The lowest BCUT2D eigenvalue weighted by Gasteiger charge is -2.12. The molecular weight excluding hydrogens is 363 g/mol. The molecule has 134 valence electrons. The van der Waals surface area contributed by atoms with E-state index in [1.807, 2.05) is 18.2 Å². The van der Waals surface area contributed by atoms with E-state index in [4.69, 9.17) is 33.7 Å². The van der Waals surface area contributed by atoms with Crippen LogP contribution in [0.3, 0.4) is 0 Å². The van der Waals surface area contributed by atoms with Crippen molar-refractivity contribution in [2.24, 2.45) is 10.7 Å². The number of guanidine groups is 1. The van der Waals surface area contributed by atoms with Gasteiger partial charge in [-0.15, -0.1) is 0 Å². The predicted molar refractivity (Wildman–Crippen MR) is 100 cm³/mol. The topological polar surface area (TPSA) is 92.8 Å². The van der Waals surface area contributed by atoms with Gasteiger partial charge in [0.05, 0.1) is 11.6 Å². The summed E-state index contributed by atoms with van der Waals surface area (Å²) in [7, 11) is 0. The molecule has 0 radical (unpaired) electrons. The summed E-state index contributed by atoms with van der Waals surface area (Å²) in [5.41, 5.74) is 6.73. The number of nitrogens with zero attached hydrogens (tertiary/aromatic N) is 2. The molecule has 0 aliphatic carbocycles. The van der Waals surface area contributed by atoms with E-state index in [0.29, 0.717) is 22.3 Å². The van der Waals surface area contributed by atoms with Crippen molar-refractivity contribution >= 4 is 29.2 Å². The van der Waals surface area contributed by atoms with Crippen molar-refractivity contribution < 1.29 is 9.84 Å². The number of aliphatic imine (C=N–C) groups is 1. The maximum absolute atomic E-state index is 9.92. The van der Waals surface area contributed by atoms with Gasteiger partial charge in [0, 0.05) is 24.9 Å². The van der Waals surface area contributed by atoms with Crippen LogP contribution in [-0.4, -0.2) is 41.9 Å². The standard InChI is InChI=1S/C17H20Cl2N4O2/c18-14-5-3-6-15(16(14)19)25-11-13(24)10-23-17(20)22-9-7-12-4-1-2-8-21-12/h1-6,8,13,24H,7,9-11H2,(H3,20,22,23). The summed E-state index contributed by atoms with van der Waals surface area (Å²) in [5.74, 6) is 0.675. The number of pyridine rings is 1. The van der Waals surface area contributed by atoms with Gasteiger partial charge >= 0.3 is 0 Å². The Morgan fingerprint density at radius 1 is 1.28 bits per heavy atom. The number of nitrogens with two attached hydrogens (primary N) is 1. The van der Waals surface area contributed by atoms with Crippen molar-refractivity contribution in [1.29, 1.82) is 0 Å². The molecule has 1 atom stereocenters. The zero-order valence-electron chi connectivity index (χ0n) is 13.5. The highest BCUT2D eigenvalue weighted by Gasteiger charge is 2.09. The third-order valence-electron chi connectivity index (χ3n) is 3.23. The average Bonchev–Trinajstić information content (AvgIpc) is 2.62. The van der Waals surface area contributed by atoms with Crippen LogP contribution in [-0.2, 0) is 6.42 Å². The molecule has 8 heteroatoms. The molecule has 25 heavy (non-hydrogen) atoms. The van der Waals surface area contributed by atoms with E-state index in [1.165, 1.54) is 0 Å². The Bertz CT molecular complexity index is 698. The van der Waals surface area contributed by atoms with Crippen molar-refractivity contribution in [2.75, 3.05) is 19.7 Å². The molecule has 0 amide bonds. The van der Waals surface area contributed by atoms with Gasteiger partial charge in [0.1, 0.15) is 23.5 Å². The maximum Gasteiger partial charge on any atom is 0.188 e. The van der Waals surface area contributed by atoms with Gasteiger partial charge in [-0.1, -0.05) is 35.3 Å². The molecule has 0 fully saturated rings. The van der Waals surface area contributed by atoms with Crippen LogP contribution in [0.2, 0.25) is 10.0 Å². The number of benzene rings is 1. The number of aromatic nitrogens is 1. The Hall–Kier alpha value is -2.02. The van der Waals surface area contributed by atoms with Gasteiger partial charge < -0.3 is 20.9 Å². The van der Waals surface area contributed by atoms with Gasteiger partial charge in [-0.3, -0.25) is 9.98 Å². The van der Waals surface area contributed by atoms with Crippen molar-refractivity contribution in [3.8, 4) is 5.75 Å². The summed E-state index contributed by atoms with van der Waals surface area (Å²) in [6, 6.07) is 10.8. The van der Waals surface area contributed by atoms with E-state index < -0.39 is 6.10 Å². The van der Waals surface area contributed by atoms with Crippen LogP contribution < -0.4 is 15.8 Å². The Morgan fingerprint density at radius 2 is 2.12 bits per heavy atom. The Labute approximate surface area is 156 Å². The number of hydrogen-bond acceptors (Lipinski definition) is 4.